The molecule has 0 amide bonds. The number of benzene rings is 2. The Morgan fingerprint density at radius 1 is 0.857 bits per heavy atom. The number of fused-ring (bicyclic) bond motifs is 2. The summed E-state index contributed by atoms with van der Waals surface area (Å²) in [4.78, 5) is 12.7. The third-order valence-electron chi connectivity index (χ3n) is 4.23. The zero-order valence-corrected chi connectivity index (χ0v) is 11.8. The fraction of sp³-hybridized carbons (Fsp3) is 0.222. The van der Waals surface area contributed by atoms with Crippen LogP contribution in [0.3, 0.4) is 0 Å². The molecule has 1 aliphatic heterocycles. The van der Waals surface area contributed by atoms with Gasteiger partial charge in [0.2, 0.25) is 5.69 Å². The Morgan fingerprint density at radius 2 is 1.57 bits per heavy atom. The molecule has 0 fully saturated rings. The quantitative estimate of drug-likeness (QED) is 0.628. The van der Waals surface area contributed by atoms with Crippen molar-refractivity contribution < 1.29 is 4.68 Å². The molecule has 0 bridgehead atoms. The lowest BCUT2D eigenvalue weighted by Crippen LogP contribution is -2.55. The summed E-state index contributed by atoms with van der Waals surface area (Å²) in [5, 5.41) is 1.86. The van der Waals surface area contributed by atoms with Crippen LogP contribution in [-0.2, 0) is 13.1 Å². The molecular weight excluding hydrogens is 260 g/mol. The van der Waals surface area contributed by atoms with Crippen molar-refractivity contribution in [3.63, 3.8) is 0 Å². The molecule has 0 unspecified atom stereocenters. The molecule has 2 aromatic carbocycles. The monoisotopic (exact) mass is 277 g/mol. The Labute approximate surface area is 123 Å². The largest absolute Gasteiger partial charge is 0.308 e. The molecule has 3 nitrogen and oxygen atoms in total. The molecule has 3 heteroatoms. The molecule has 0 saturated carbocycles. The minimum atomic E-state index is 0.130. The Kier molecular flexibility index (Phi) is 2.85. The van der Waals surface area contributed by atoms with Crippen LogP contribution in [0.25, 0.3) is 22.0 Å². The molecule has 1 aromatic heterocycles. The van der Waals surface area contributed by atoms with Crippen molar-refractivity contribution in [3.8, 4) is 11.3 Å². The van der Waals surface area contributed by atoms with Crippen molar-refractivity contribution in [3.05, 3.63) is 65.0 Å². The van der Waals surface area contributed by atoms with Crippen molar-refractivity contribution in [1.82, 2.24) is 4.68 Å². The van der Waals surface area contributed by atoms with Crippen LogP contribution in [0.5, 0.6) is 0 Å². The number of hydrogen-bond acceptors (Lipinski definition) is 1. The first kappa shape index (κ1) is 12.3. The first-order chi connectivity index (χ1) is 10.4. The predicted octanol–water partition coefficient (Wildman–Crippen LogP) is 2.75. The summed E-state index contributed by atoms with van der Waals surface area (Å²) >= 11 is 0. The summed E-state index contributed by atoms with van der Waals surface area (Å²) in [6.07, 6.45) is 2.20. The molecule has 0 spiro atoms. The van der Waals surface area contributed by atoms with E-state index >= 15 is 0 Å². The average Bonchev–Trinajstić information content (AvgIpc) is 2.56. The number of nitrogens with zero attached hydrogens (tertiary/aromatic N) is 2. The van der Waals surface area contributed by atoms with E-state index in [0.717, 1.165) is 42.4 Å². The minimum absolute atomic E-state index is 0.130. The van der Waals surface area contributed by atoms with Gasteiger partial charge in [-0.15, -0.1) is 9.36 Å². The van der Waals surface area contributed by atoms with Gasteiger partial charge in [0.25, 0.3) is 0 Å². The van der Waals surface area contributed by atoms with Crippen LogP contribution >= 0.6 is 0 Å². The predicted molar refractivity (Wildman–Crippen MR) is 83.1 cm³/mol. The molecule has 4 rings (SSSR count). The highest BCUT2D eigenvalue weighted by Crippen LogP contribution is 2.24. The maximum atomic E-state index is 12.7. The van der Waals surface area contributed by atoms with E-state index in [1.54, 1.807) is 0 Å². The first-order valence-corrected chi connectivity index (χ1v) is 7.47. The smallest absolute Gasteiger partial charge is 0.263 e. The van der Waals surface area contributed by atoms with Crippen LogP contribution in [0.1, 0.15) is 12.8 Å². The van der Waals surface area contributed by atoms with Crippen LogP contribution in [-0.4, -0.2) is 4.68 Å². The third kappa shape index (κ3) is 1.88. The SMILES string of the molecule is O=c1c2ccccc2c(-c2ccccc2)[n+]2n1CCCC2. The second kappa shape index (κ2) is 4.85. The molecule has 21 heavy (non-hydrogen) atoms. The average molecular weight is 277 g/mol. The van der Waals surface area contributed by atoms with Gasteiger partial charge in [0.1, 0.15) is 0 Å². The highest BCUT2D eigenvalue weighted by molar-refractivity contribution is 5.92. The molecule has 0 aliphatic carbocycles. The van der Waals surface area contributed by atoms with Crippen LogP contribution in [0.4, 0.5) is 0 Å². The molecular formula is C18H17N2O+. The van der Waals surface area contributed by atoms with Gasteiger partial charge in [0.15, 0.2) is 6.54 Å². The van der Waals surface area contributed by atoms with Gasteiger partial charge in [-0.05, 0) is 30.7 Å². The van der Waals surface area contributed by atoms with Gasteiger partial charge in [-0.2, -0.15) is 0 Å². The second-order valence-electron chi connectivity index (χ2n) is 5.52. The molecule has 0 radical (unpaired) electrons. The van der Waals surface area contributed by atoms with Crippen molar-refractivity contribution >= 4 is 10.8 Å². The van der Waals surface area contributed by atoms with Crippen LogP contribution in [0.2, 0.25) is 0 Å². The molecule has 104 valence electrons. The van der Waals surface area contributed by atoms with Crippen molar-refractivity contribution in [1.29, 1.82) is 0 Å². The number of hydrogen-bond donors (Lipinski definition) is 0. The summed E-state index contributed by atoms with van der Waals surface area (Å²) < 4.78 is 4.08. The lowest BCUT2D eigenvalue weighted by Gasteiger charge is -2.16. The minimum Gasteiger partial charge on any atom is -0.263 e. The highest BCUT2D eigenvalue weighted by atomic mass is 16.1. The fourth-order valence-electron chi connectivity index (χ4n) is 3.26. The van der Waals surface area contributed by atoms with E-state index in [1.165, 1.54) is 5.56 Å². The van der Waals surface area contributed by atoms with Crippen LogP contribution < -0.4 is 10.2 Å². The van der Waals surface area contributed by atoms with E-state index in [9.17, 15) is 4.79 Å². The Hall–Kier alpha value is -2.42. The summed E-state index contributed by atoms with van der Waals surface area (Å²) in [6, 6.07) is 18.3. The van der Waals surface area contributed by atoms with Gasteiger partial charge in [0, 0.05) is 12.0 Å². The molecule has 0 saturated heterocycles. The third-order valence-corrected chi connectivity index (χ3v) is 4.23. The lowest BCUT2D eigenvalue weighted by molar-refractivity contribution is -0.776. The van der Waals surface area contributed by atoms with Crippen molar-refractivity contribution in [2.45, 2.75) is 25.9 Å². The van der Waals surface area contributed by atoms with Gasteiger partial charge in [-0.3, -0.25) is 4.79 Å². The standard InChI is InChI=1S/C18H17N2O/c21-18-16-11-5-4-10-15(16)17(14-8-2-1-3-9-14)19-12-6-7-13-20(18)19/h1-5,8-11H,6-7,12-13H2/q+1. The number of aromatic nitrogens is 2. The topological polar surface area (TPSA) is 25.9 Å². The summed E-state index contributed by atoms with van der Waals surface area (Å²) in [5.41, 5.74) is 2.46. The lowest BCUT2D eigenvalue weighted by atomic mass is 10.0. The van der Waals surface area contributed by atoms with Gasteiger partial charge in [0.05, 0.1) is 17.3 Å². The molecule has 0 N–H and O–H groups in total. The van der Waals surface area contributed by atoms with E-state index in [1.807, 2.05) is 28.9 Å². The van der Waals surface area contributed by atoms with Crippen LogP contribution in [0, 0.1) is 0 Å². The maximum absolute atomic E-state index is 12.7. The maximum Gasteiger partial charge on any atom is 0.308 e. The molecule has 0 atom stereocenters. The summed E-state index contributed by atoms with van der Waals surface area (Å²) in [6.45, 7) is 1.72. The van der Waals surface area contributed by atoms with E-state index in [2.05, 4.69) is 35.0 Å². The summed E-state index contributed by atoms with van der Waals surface area (Å²) in [5.74, 6) is 0. The Bertz CT molecular complexity index is 866. The molecule has 3 aromatic rings. The molecule has 1 aliphatic rings. The fourth-order valence-corrected chi connectivity index (χ4v) is 3.26. The van der Waals surface area contributed by atoms with Crippen LogP contribution in [0.15, 0.2) is 59.4 Å². The highest BCUT2D eigenvalue weighted by Gasteiger charge is 2.26. The summed E-state index contributed by atoms with van der Waals surface area (Å²) in [7, 11) is 0. The van der Waals surface area contributed by atoms with Crippen molar-refractivity contribution in [2.75, 3.05) is 0 Å². The van der Waals surface area contributed by atoms with E-state index in [0.29, 0.717) is 0 Å². The normalized spacial score (nSPS) is 14.1. The van der Waals surface area contributed by atoms with E-state index < -0.39 is 0 Å². The Morgan fingerprint density at radius 3 is 2.38 bits per heavy atom. The van der Waals surface area contributed by atoms with Crippen molar-refractivity contribution in [2.24, 2.45) is 0 Å². The zero-order valence-electron chi connectivity index (χ0n) is 11.8. The van der Waals surface area contributed by atoms with Gasteiger partial charge in [-0.1, -0.05) is 30.3 Å². The van der Waals surface area contributed by atoms with E-state index in [4.69, 9.17) is 0 Å². The molecule has 2 heterocycles. The Balaban J connectivity index is 2.18. The number of rotatable bonds is 1. The van der Waals surface area contributed by atoms with Gasteiger partial charge < -0.3 is 0 Å². The second-order valence-corrected chi connectivity index (χ2v) is 5.52. The first-order valence-electron chi connectivity index (χ1n) is 7.47. The van der Waals surface area contributed by atoms with Gasteiger partial charge in [-0.25, -0.2) is 0 Å². The van der Waals surface area contributed by atoms with Gasteiger partial charge >= 0.3 is 5.56 Å². The zero-order chi connectivity index (χ0) is 14.2. The van der Waals surface area contributed by atoms with E-state index in [-0.39, 0.29) is 5.56 Å².